The Balaban J connectivity index is 2.43. The van der Waals surface area contributed by atoms with Crippen LogP contribution in [-0.4, -0.2) is 13.6 Å². The van der Waals surface area contributed by atoms with Gasteiger partial charge in [-0.1, -0.05) is 45.2 Å². The SMILES string of the molecule is Cc1ccc(N(C)C(CN)c2cc(Br)ccc2Cl)c(C)c1. The fourth-order valence-electron chi connectivity index (χ4n) is 2.63. The Morgan fingerprint density at radius 2 is 1.90 bits per heavy atom. The first kappa shape index (κ1) is 16.3. The number of hydrogen-bond acceptors (Lipinski definition) is 2. The fraction of sp³-hybridized carbons (Fsp3) is 0.294. The number of benzene rings is 2. The maximum absolute atomic E-state index is 6.36. The number of halogens is 2. The highest BCUT2D eigenvalue weighted by Gasteiger charge is 2.20. The summed E-state index contributed by atoms with van der Waals surface area (Å²) < 4.78 is 1.01. The summed E-state index contributed by atoms with van der Waals surface area (Å²) in [6.45, 7) is 4.72. The van der Waals surface area contributed by atoms with E-state index < -0.39 is 0 Å². The smallest absolute Gasteiger partial charge is 0.0676 e. The maximum Gasteiger partial charge on any atom is 0.0676 e. The third kappa shape index (κ3) is 3.60. The van der Waals surface area contributed by atoms with Gasteiger partial charge in [0.2, 0.25) is 0 Å². The second-order valence-electron chi connectivity index (χ2n) is 5.32. The molecule has 2 aromatic rings. The molecule has 4 heteroatoms. The molecule has 2 nitrogen and oxygen atoms in total. The van der Waals surface area contributed by atoms with Gasteiger partial charge in [-0.2, -0.15) is 0 Å². The molecule has 0 heterocycles. The molecule has 0 aliphatic carbocycles. The molecule has 0 aromatic heterocycles. The van der Waals surface area contributed by atoms with Crippen LogP contribution in [0.3, 0.4) is 0 Å². The van der Waals surface area contributed by atoms with Gasteiger partial charge in [0, 0.05) is 28.8 Å². The largest absolute Gasteiger partial charge is 0.366 e. The molecule has 0 aliphatic heterocycles. The van der Waals surface area contributed by atoms with Crippen molar-refractivity contribution in [2.75, 3.05) is 18.5 Å². The molecule has 1 atom stereocenters. The second-order valence-corrected chi connectivity index (χ2v) is 6.64. The highest BCUT2D eigenvalue weighted by atomic mass is 79.9. The number of hydrogen-bond donors (Lipinski definition) is 1. The first-order valence-corrected chi connectivity index (χ1v) is 8.06. The van der Waals surface area contributed by atoms with Gasteiger partial charge in [0.25, 0.3) is 0 Å². The Kier molecular flexibility index (Phi) is 5.31. The summed E-state index contributed by atoms with van der Waals surface area (Å²) in [6.07, 6.45) is 0. The van der Waals surface area contributed by atoms with E-state index in [1.54, 1.807) is 0 Å². The summed E-state index contributed by atoms with van der Waals surface area (Å²) in [5.74, 6) is 0. The molecule has 0 saturated heterocycles. The molecule has 2 aromatic carbocycles. The van der Waals surface area contributed by atoms with E-state index >= 15 is 0 Å². The lowest BCUT2D eigenvalue weighted by molar-refractivity contribution is 0.679. The summed E-state index contributed by atoms with van der Waals surface area (Å²) in [7, 11) is 2.06. The molecule has 0 aliphatic rings. The van der Waals surface area contributed by atoms with Gasteiger partial charge >= 0.3 is 0 Å². The van der Waals surface area contributed by atoms with Crippen molar-refractivity contribution in [3.05, 3.63) is 62.6 Å². The zero-order chi connectivity index (χ0) is 15.6. The van der Waals surface area contributed by atoms with Crippen LogP contribution in [0, 0.1) is 13.8 Å². The van der Waals surface area contributed by atoms with Crippen LogP contribution in [0.15, 0.2) is 40.9 Å². The average molecular weight is 368 g/mol. The van der Waals surface area contributed by atoms with Crippen LogP contribution in [0.1, 0.15) is 22.7 Å². The predicted molar refractivity (Wildman–Crippen MR) is 95.3 cm³/mol. The Morgan fingerprint density at radius 3 is 2.52 bits per heavy atom. The van der Waals surface area contributed by atoms with Crippen molar-refractivity contribution < 1.29 is 0 Å². The van der Waals surface area contributed by atoms with Gasteiger partial charge in [-0.3, -0.25) is 0 Å². The quantitative estimate of drug-likeness (QED) is 0.836. The van der Waals surface area contributed by atoms with E-state index in [9.17, 15) is 0 Å². The van der Waals surface area contributed by atoms with Crippen LogP contribution < -0.4 is 10.6 Å². The molecule has 21 heavy (non-hydrogen) atoms. The molecule has 112 valence electrons. The summed E-state index contributed by atoms with van der Waals surface area (Å²) >= 11 is 9.87. The number of nitrogens with two attached hydrogens (primary N) is 1. The van der Waals surface area contributed by atoms with E-state index in [0.29, 0.717) is 6.54 Å². The molecule has 2 N–H and O–H groups in total. The number of nitrogens with zero attached hydrogens (tertiary/aromatic N) is 1. The van der Waals surface area contributed by atoms with Gasteiger partial charge in [0.15, 0.2) is 0 Å². The van der Waals surface area contributed by atoms with Crippen molar-refractivity contribution >= 4 is 33.2 Å². The Bertz CT molecular complexity index is 643. The van der Waals surface area contributed by atoms with Crippen molar-refractivity contribution in [3.8, 4) is 0 Å². The summed E-state index contributed by atoms with van der Waals surface area (Å²) in [5, 5.41) is 0.741. The van der Waals surface area contributed by atoms with Crippen molar-refractivity contribution in [2.24, 2.45) is 5.73 Å². The minimum Gasteiger partial charge on any atom is -0.366 e. The summed E-state index contributed by atoms with van der Waals surface area (Å²) in [6, 6.07) is 12.4. The molecular formula is C17H20BrClN2. The lowest BCUT2D eigenvalue weighted by Gasteiger charge is -2.31. The van der Waals surface area contributed by atoms with Crippen LogP contribution in [0.25, 0.3) is 0 Å². The van der Waals surface area contributed by atoms with E-state index in [4.69, 9.17) is 17.3 Å². The molecule has 0 bridgehead atoms. The number of rotatable bonds is 4. The van der Waals surface area contributed by atoms with Gasteiger partial charge in [-0.25, -0.2) is 0 Å². The molecule has 1 unspecified atom stereocenters. The van der Waals surface area contributed by atoms with E-state index in [1.807, 2.05) is 18.2 Å². The monoisotopic (exact) mass is 366 g/mol. The second kappa shape index (κ2) is 6.82. The first-order chi connectivity index (χ1) is 9.93. The zero-order valence-corrected chi connectivity index (χ0v) is 14.9. The van der Waals surface area contributed by atoms with E-state index in [0.717, 1.165) is 15.1 Å². The van der Waals surface area contributed by atoms with Gasteiger partial charge < -0.3 is 10.6 Å². The number of anilines is 1. The third-order valence-electron chi connectivity index (χ3n) is 3.74. The fourth-order valence-corrected chi connectivity index (χ4v) is 3.25. The molecule has 0 spiro atoms. The molecule has 0 amide bonds. The van der Waals surface area contributed by atoms with Crippen molar-refractivity contribution in [1.82, 2.24) is 0 Å². The third-order valence-corrected chi connectivity index (χ3v) is 4.58. The maximum atomic E-state index is 6.36. The zero-order valence-electron chi connectivity index (χ0n) is 12.5. The molecule has 2 rings (SSSR count). The van der Waals surface area contributed by atoms with Gasteiger partial charge in [0.05, 0.1) is 6.04 Å². The molecule has 0 radical (unpaired) electrons. The normalized spacial score (nSPS) is 12.3. The van der Waals surface area contributed by atoms with Gasteiger partial charge in [-0.15, -0.1) is 0 Å². The van der Waals surface area contributed by atoms with E-state index in [2.05, 4.69) is 59.9 Å². The summed E-state index contributed by atoms with van der Waals surface area (Å²) in [5.41, 5.74) is 10.7. The van der Waals surface area contributed by atoms with Crippen LogP contribution in [0.4, 0.5) is 5.69 Å². The Morgan fingerprint density at radius 1 is 1.19 bits per heavy atom. The average Bonchev–Trinajstić information content (AvgIpc) is 2.43. The van der Waals surface area contributed by atoms with Crippen molar-refractivity contribution in [2.45, 2.75) is 19.9 Å². The lowest BCUT2D eigenvalue weighted by atomic mass is 10.0. The summed E-state index contributed by atoms with van der Waals surface area (Å²) in [4.78, 5) is 2.20. The number of aryl methyl sites for hydroxylation is 2. The van der Waals surface area contributed by atoms with Crippen LogP contribution >= 0.6 is 27.5 Å². The van der Waals surface area contributed by atoms with Gasteiger partial charge in [-0.05, 0) is 49.2 Å². The molecule has 0 fully saturated rings. The molecular weight excluding hydrogens is 348 g/mol. The first-order valence-electron chi connectivity index (χ1n) is 6.89. The minimum atomic E-state index is 0.0383. The standard InChI is InChI=1S/C17H20BrClN2/c1-11-4-7-16(12(2)8-11)21(3)17(10-20)14-9-13(18)5-6-15(14)19/h4-9,17H,10,20H2,1-3H3. The van der Waals surface area contributed by atoms with E-state index in [1.165, 1.54) is 16.8 Å². The highest BCUT2D eigenvalue weighted by Crippen LogP contribution is 2.33. The minimum absolute atomic E-state index is 0.0383. The van der Waals surface area contributed by atoms with Crippen LogP contribution in [-0.2, 0) is 0 Å². The topological polar surface area (TPSA) is 29.3 Å². The highest BCUT2D eigenvalue weighted by molar-refractivity contribution is 9.10. The predicted octanol–water partition coefficient (Wildman–Crippen LogP) is 4.86. The van der Waals surface area contributed by atoms with E-state index in [-0.39, 0.29) is 6.04 Å². The van der Waals surface area contributed by atoms with Crippen molar-refractivity contribution in [3.63, 3.8) is 0 Å². The van der Waals surface area contributed by atoms with Crippen LogP contribution in [0.5, 0.6) is 0 Å². The Labute approximate surface area is 140 Å². The lowest BCUT2D eigenvalue weighted by Crippen LogP contribution is -2.31. The van der Waals surface area contributed by atoms with Gasteiger partial charge in [0.1, 0.15) is 0 Å². The van der Waals surface area contributed by atoms with Crippen LogP contribution in [0.2, 0.25) is 5.02 Å². The van der Waals surface area contributed by atoms with Crippen molar-refractivity contribution in [1.29, 1.82) is 0 Å². The Hall–Kier alpha value is -1.03. The molecule has 0 saturated carbocycles. The number of likely N-dealkylation sites (N-methyl/N-ethyl adjacent to an activating group) is 1.